The third-order valence-electron chi connectivity index (χ3n) is 2.84. The van der Waals surface area contributed by atoms with Gasteiger partial charge in [0.15, 0.2) is 5.82 Å². The number of primary amides is 1. The van der Waals surface area contributed by atoms with E-state index in [2.05, 4.69) is 10.1 Å². The van der Waals surface area contributed by atoms with Gasteiger partial charge in [0.1, 0.15) is 6.33 Å². The van der Waals surface area contributed by atoms with Gasteiger partial charge in [0, 0.05) is 17.8 Å². The predicted molar refractivity (Wildman–Crippen MR) is 75.0 cm³/mol. The van der Waals surface area contributed by atoms with Gasteiger partial charge in [0.2, 0.25) is 5.91 Å². The summed E-state index contributed by atoms with van der Waals surface area (Å²) < 4.78 is 78.7. The molecule has 0 spiro atoms. The molecule has 5 nitrogen and oxygen atoms in total. The van der Waals surface area contributed by atoms with E-state index in [1.165, 1.54) is 0 Å². The molecular formula is C13H7ClF6N4O. The molecule has 0 saturated heterocycles. The number of carbonyl (C=O) groups excluding carboxylic acids is 1. The second kappa shape index (κ2) is 6.39. The van der Waals surface area contributed by atoms with Crippen molar-refractivity contribution >= 4 is 23.7 Å². The summed E-state index contributed by atoms with van der Waals surface area (Å²) in [4.78, 5) is 14.2. The molecule has 134 valence electrons. The Morgan fingerprint density at radius 1 is 1.12 bits per heavy atom. The van der Waals surface area contributed by atoms with E-state index in [0.717, 1.165) is 23.3 Å². The summed E-state index contributed by atoms with van der Waals surface area (Å²) >= 11 is 5.28. The molecule has 0 fully saturated rings. The van der Waals surface area contributed by atoms with Crippen LogP contribution in [0.4, 0.5) is 26.3 Å². The van der Waals surface area contributed by atoms with Gasteiger partial charge in [-0.2, -0.15) is 26.3 Å². The van der Waals surface area contributed by atoms with E-state index >= 15 is 0 Å². The van der Waals surface area contributed by atoms with Crippen molar-refractivity contribution in [2.24, 2.45) is 5.73 Å². The minimum absolute atomic E-state index is 0.412. The minimum atomic E-state index is -5.11. The molecule has 2 rings (SSSR count). The van der Waals surface area contributed by atoms with Crippen LogP contribution in [0.2, 0.25) is 5.02 Å². The Hall–Kier alpha value is -2.56. The average Bonchev–Trinajstić information content (AvgIpc) is 2.91. The monoisotopic (exact) mass is 384 g/mol. The Kier molecular flexibility index (Phi) is 4.80. The molecule has 0 bridgehead atoms. The Bertz CT molecular complexity index is 805. The standard InChI is InChI=1S/C13H7ClF6N4O/c14-10-7(12(15,16)17)3-6(4-8(10)13(18,19)20)11-22-5-24(23-11)2-1-9(21)25/h1-5H,(H2,21,25)/b2-1-. The molecule has 1 aromatic carbocycles. The predicted octanol–water partition coefficient (Wildman–Crippen LogP) is 3.59. The zero-order valence-electron chi connectivity index (χ0n) is 11.9. The lowest BCUT2D eigenvalue weighted by molar-refractivity contribution is -0.142. The molecule has 0 radical (unpaired) electrons. The first-order chi connectivity index (χ1) is 11.4. The molecule has 0 saturated carbocycles. The van der Waals surface area contributed by atoms with Crippen molar-refractivity contribution in [3.63, 3.8) is 0 Å². The van der Waals surface area contributed by atoms with Crippen LogP contribution < -0.4 is 5.73 Å². The largest absolute Gasteiger partial charge is 0.417 e. The molecular weight excluding hydrogens is 378 g/mol. The van der Waals surface area contributed by atoms with E-state index in [-0.39, 0.29) is 0 Å². The number of hydrogen-bond acceptors (Lipinski definition) is 3. The van der Waals surface area contributed by atoms with Crippen LogP contribution in [0.3, 0.4) is 0 Å². The highest BCUT2D eigenvalue weighted by Gasteiger charge is 2.41. The number of carbonyl (C=O) groups is 1. The fourth-order valence-corrected chi connectivity index (χ4v) is 2.12. The molecule has 0 aliphatic carbocycles. The lowest BCUT2D eigenvalue weighted by Gasteiger charge is -2.16. The summed E-state index contributed by atoms with van der Waals surface area (Å²) in [5.74, 6) is -1.26. The zero-order valence-corrected chi connectivity index (χ0v) is 12.6. The molecule has 12 heteroatoms. The Morgan fingerprint density at radius 3 is 2.08 bits per heavy atom. The maximum absolute atomic E-state index is 13.0. The van der Waals surface area contributed by atoms with Gasteiger partial charge in [0.05, 0.1) is 16.1 Å². The number of benzene rings is 1. The molecule has 1 amide bonds. The van der Waals surface area contributed by atoms with E-state index in [1.54, 1.807) is 0 Å². The second-order valence-electron chi connectivity index (χ2n) is 4.65. The molecule has 0 atom stereocenters. The number of alkyl halides is 6. The third kappa shape index (κ3) is 4.29. The Balaban J connectivity index is 2.60. The van der Waals surface area contributed by atoms with E-state index in [1.807, 2.05) is 0 Å². The first-order valence-corrected chi connectivity index (χ1v) is 6.64. The summed E-state index contributed by atoms with van der Waals surface area (Å²) in [5.41, 5.74) is 0.985. The maximum atomic E-state index is 13.0. The summed E-state index contributed by atoms with van der Waals surface area (Å²) in [6, 6.07) is 0.824. The maximum Gasteiger partial charge on any atom is 0.417 e. The van der Waals surface area contributed by atoms with Crippen molar-refractivity contribution in [1.82, 2.24) is 14.8 Å². The Labute approximate surface area is 140 Å². The number of amides is 1. The highest BCUT2D eigenvalue weighted by molar-refractivity contribution is 6.32. The fourth-order valence-electron chi connectivity index (χ4n) is 1.79. The number of aromatic nitrogens is 3. The van der Waals surface area contributed by atoms with Crippen molar-refractivity contribution in [1.29, 1.82) is 0 Å². The number of nitrogens with zero attached hydrogens (tertiary/aromatic N) is 3. The van der Waals surface area contributed by atoms with Gasteiger partial charge >= 0.3 is 12.4 Å². The molecule has 25 heavy (non-hydrogen) atoms. The van der Waals surface area contributed by atoms with E-state index in [4.69, 9.17) is 17.3 Å². The lowest BCUT2D eigenvalue weighted by atomic mass is 10.0. The lowest BCUT2D eigenvalue weighted by Crippen LogP contribution is -2.13. The van der Waals surface area contributed by atoms with Crippen molar-refractivity contribution in [3.8, 4) is 11.4 Å². The van der Waals surface area contributed by atoms with Gasteiger partial charge < -0.3 is 5.73 Å². The fraction of sp³-hybridized carbons (Fsp3) is 0.154. The van der Waals surface area contributed by atoms with Crippen LogP contribution in [0.25, 0.3) is 17.6 Å². The quantitative estimate of drug-likeness (QED) is 0.649. The van der Waals surface area contributed by atoms with Gasteiger partial charge in [-0.3, -0.25) is 4.79 Å². The van der Waals surface area contributed by atoms with Gasteiger partial charge in [0.25, 0.3) is 0 Å². The highest BCUT2D eigenvalue weighted by atomic mass is 35.5. The van der Waals surface area contributed by atoms with Crippen molar-refractivity contribution in [3.05, 3.63) is 40.7 Å². The molecule has 1 aromatic heterocycles. The summed E-state index contributed by atoms with van der Waals surface area (Å²) in [5, 5.41) is 2.20. The first-order valence-electron chi connectivity index (χ1n) is 6.26. The van der Waals surface area contributed by atoms with Crippen molar-refractivity contribution in [2.45, 2.75) is 12.4 Å². The molecule has 0 aliphatic rings. The van der Waals surface area contributed by atoms with Gasteiger partial charge in [-0.05, 0) is 12.1 Å². The topological polar surface area (TPSA) is 73.8 Å². The van der Waals surface area contributed by atoms with Crippen LogP contribution in [0.15, 0.2) is 24.5 Å². The van der Waals surface area contributed by atoms with Crippen molar-refractivity contribution in [2.75, 3.05) is 0 Å². The van der Waals surface area contributed by atoms with E-state index in [0.29, 0.717) is 12.1 Å². The van der Waals surface area contributed by atoms with Crippen LogP contribution in [-0.2, 0) is 17.1 Å². The van der Waals surface area contributed by atoms with Crippen LogP contribution in [0.1, 0.15) is 11.1 Å². The number of hydrogen-bond donors (Lipinski definition) is 1. The zero-order chi connectivity index (χ0) is 19.0. The van der Waals surface area contributed by atoms with Gasteiger partial charge in [-0.15, -0.1) is 5.10 Å². The number of halogens is 7. The molecule has 2 N–H and O–H groups in total. The third-order valence-corrected chi connectivity index (χ3v) is 3.25. The van der Waals surface area contributed by atoms with Crippen LogP contribution in [0.5, 0.6) is 0 Å². The first kappa shape index (κ1) is 18.8. The molecule has 1 heterocycles. The smallest absolute Gasteiger partial charge is 0.366 e. The van der Waals surface area contributed by atoms with Gasteiger partial charge in [-0.1, -0.05) is 11.6 Å². The molecule has 2 aromatic rings. The summed E-state index contributed by atoms with van der Waals surface area (Å²) in [7, 11) is 0. The van der Waals surface area contributed by atoms with Crippen LogP contribution in [-0.4, -0.2) is 20.7 Å². The highest BCUT2D eigenvalue weighted by Crippen LogP contribution is 2.44. The van der Waals surface area contributed by atoms with Crippen LogP contribution >= 0.6 is 11.6 Å². The normalized spacial score (nSPS) is 12.8. The number of nitrogens with two attached hydrogens (primary N) is 1. The van der Waals surface area contributed by atoms with Crippen molar-refractivity contribution < 1.29 is 31.1 Å². The number of rotatable bonds is 3. The summed E-state index contributed by atoms with van der Waals surface area (Å²) in [6.07, 6.45) is -7.33. The molecule has 0 aliphatic heterocycles. The molecule has 0 unspecified atom stereocenters. The van der Waals surface area contributed by atoms with Crippen LogP contribution in [0, 0.1) is 0 Å². The Morgan fingerprint density at radius 2 is 1.64 bits per heavy atom. The van der Waals surface area contributed by atoms with E-state index < -0.39 is 45.8 Å². The van der Waals surface area contributed by atoms with E-state index in [9.17, 15) is 31.1 Å². The second-order valence-corrected chi connectivity index (χ2v) is 5.03. The average molecular weight is 385 g/mol. The SMILES string of the molecule is NC(=O)/C=C\n1cnc(-c2cc(C(F)(F)F)c(Cl)c(C(F)(F)F)c2)n1. The summed E-state index contributed by atoms with van der Waals surface area (Å²) in [6.45, 7) is 0. The minimum Gasteiger partial charge on any atom is -0.366 e. The van der Waals surface area contributed by atoms with Gasteiger partial charge in [-0.25, -0.2) is 9.67 Å².